The van der Waals surface area contributed by atoms with Crippen molar-refractivity contribution in [1.82, 2.24) is 0 Å². The molecule has 1 aliphatic rings. The molecule has 3 nitrogen and oxygen atoms in total. The second-order valence-corrected chi connectivity index (χ2v) is 2.79. The van der Waals surface area contributed by atoms with Gasteiger partial charge >= 0.3 is 0 Å². The molecule has 0 saturated carbocycles. The molecule has 0 heterocycles. The van der Waals surface area contributed by atoms with Crippen molar-refractivity contribution < 1.29 is 5.11 Å². The summed E-state index contributed by atoms with van der Waals surface area (Å²) in [5.74, 6) is 0.146. The van der Waals surface area contributed by atoms with Gasteiger partial charge in [-0.3, -0.25) is 0 Å². The SMILES string of the molecule is CC1(N)C=CC=C(O)C1N. The highest BCUT2D eigenvalue weighted by Gasteiger charge is 2.28. The van der Waals surface area contributed by atoms with Crippen LogP contribution in [0.5, 0.6) is 0 Å². The van der Waals surface area contributed by atoms with Gasteiger partial charge in [0.1, 0.15) is 5.76 Å². The lowest BCUT2D eigenvalue weighted by Crippen LogP contribution is -2.53. The Morgan fingerprint density at radius 2 is 2.30 bits per heavy atom. The summed E-state index contributed by atoms with van der Waals surface area (Å²) in [6.45, 7) is 1.78. The van der Waals surface area contributed by atoms with Crippen LogP contribution in [0.3, 0.4) is 0 Å². The summed E-state index contributed by atoms with van der Waals surface area (Å²) in [7, 11) is 0. The molecule has 0 aromatic carbocycles. The van der Waals surface area contributed by atoms with E-state index in [1.165, 1.54) is 0 Å². The van der Waals surface area contributed by atoms with Gasteiger partial charge in [-0.15, -0.1) is 0 Å². The monoisotopic (exact) mass is 140 g/mol. The minimum atomic E-state index is -0.612. The first-order valence-corrected chi connectivity index (χ1v) is 3.17. The van der Waals surface area contributed by atoms with Gasteiger partial charge in [0, 0.05) is 0 Å². The quantitative estimate of drug-likeness (QED) is 0.445. The first kappa shape index (κ1) is 7.31. The molecule has 0 aromatic rings. The van der Waals surface area contributed by atoms with E-state index in [1.54, 1.807) is 25.2 Å². The fraction of sp³-hybridized carbons (Fsp3) is 0.429. The van der Waals surface area contributed by atoms with Gasteiger partial charge in [-0.25, -0.2) is 0 Å². The first-order valence-electron chi connectivity index (χ1n) is 3.17. The number of nitrogens with two attached hydrogens (primary N) is 2. The lowest BCUT2D eigenvalue weighted by Gasteiger charge is -2.29. The third-order valence-corrected chi connectivity index (χ3v) is 1.71. The summed E-state index contributed by atoms with van der Waals surface area (Å²) < 4.78 is 0. The number of allylic oxidation sites excluding steroid dienone is 2. The van der Waals surface area contributed by atoms with Crippen molar-refractivity contribution in [2.24, 2.45) is 11.5 Å². The van der Waals surface area contributed by atoms with Gasteiger partial charge in [0.15, 0.2) is 0 Å². The smallest absolute Gasteiger partial charge is 0.111 e. The predicted octanol–water partition coefficient (Wildman–Crippen LogP) is 0.0428. The number of aliphatic hydroxyl groups excluding tert-OH is 1. The summed E-state index contributed by atoms with van der Waals surface area (Å²) in [6.07, 6.45) is 5.04. The molecule has 1 aliphatic carbocycles. The largest absolute Gasteiger partial charge is 0.511 e. The van der Waals surface area contributed by atoms with E-state index in [0.717, 1.165) is 0 Å². The molecule has 0 fully saturated rings. The number of aliphatic hydroxyl groups is 1. The molecular weight excluding hydrogens is 128 g/mol. The maximum atomic E-state index is 9.12. The highest BCUT2D eigenvalue weighted by Crippen LogP contribution is 2.16. The molecule has 0 bridgehead atoms. The summed E-state index contributed by atoms with van der Waals surface area (Å²) in [5.41, 5.74) is 10.6. The zero-order valence-electron chi connectivity index (χ0n) is 5.91. The van der Waals surface area contributed by atoms with Crippen molar-refractivity contribution in [3.05, 3.63) is 24.0 Å². The van der Waals surface area contributed by atoms with Crippen LogP contribution in [0.4, 0.5) is 0 Å². The number of hydrogen-bond donors (Lipinski definition) is 3. The molecule has 0 aliphatic heterocycles. The molecule has 1 rings (SSSR count). The first-order chi connectivity index (χ1) is 4.54. The van der Waals surface area contributed by atoms with Crippen LogP contribution in [0, 0.1) is 0 Å². The Labute approximate surface area is 60.0 Å². The van der Waals surface area contributed by atoms with E-state index >= 15 is 0 Å². The van der Waals surface area contributed by atoms with Crippen LogP contribution in [0.15, 0.2) is 24.0 Å². The Bertz CT molecular complexity index is 194. The zero-order valence-corrected chi connectivity index (χ0v) is 5.91. The van der Waals surface area contributed by atoms with Crippen LogP contribution in [0.1, 0.15) is 6.92 Å². The van der Waals surface area contributed by atoms with Gasteiger partial charge < -0.3 is 16.6 Å². The van der Waals surface area contributed by atoms with Gasteiger partial charge in [0.2, 0.25) is 0 Å². The van der Waals surface area contributed by atoms with Crippen LogP contribution in [0.2, 0.25) is 0 Å². The summed E-state index contributed by atoms with van der Waals surface area (Å²) in [6, 6.07) is -0.475. The third-order valence-electron chi connectivity index (χ3n) is 1.71. The van der Waals surface area contributed by atoms with E-state index in [4.69, 9.17) is 16.6 Å². The van der Waals surface area contributed by atoms with Crippen molar-refractivity contribution in [2.45, 2.75) is 18.5 Å². The molecule has 56 valence electrons. The van der Waals surface area contributed by atoms with Crippen LogP contribution < -0.4 is 11.5 Å². The van der Waals surface area contributed by atoms with Gasteiger partial charge in [0.25, 0.3) is 0 Å². The molecule has 10 heavy (non-hydrogen) atoms. The van der Waals surface area contributed by atoms with Crippen molar-refractivity contribution in [1.29, 1.82) is 0 Å². The highest BCUT2D eigenvalue weighted by atomic mass is 16.3. The van der Waals surface area contributed by atoms with Gasteiger partial charge in [-0.1, -0.05) is 12.2 Å². The fourth-order valence-corrected chi connectivity index (χ4v) is 0.880. The van der Waals surface area contributed by atoms with Crippen LogP contribution in [0.25, 0.3) is 0 Å². The summed E-state index contributed by atoms with van der Waals surface area (Å²) in [4.78, 5) is 0. The second kappa shape index (κ2) is 2.11. The van der Waals surface area contributed by atoms with Crippen molar-refractivity contribution in [3.63, 3.8) is 0 Å². The standard InChI is InChI=1S/C7H12N2O/c1-7(9)4-2-3-5(10)6(7)8/h2-4,6,10H,8-9H2,1H3. The number of hydrogen-bond acceptors (Lipinski definition) is 3. The molecule has 2 atom stereocenters. The van der Waals surface area contributed by atoms with Gasteiger partial charge in [-0.05, 0) is 13.0 Å². The van der Waals surface area contributed by atoms with Gasteiger partial charge in [0.05, 0.1) is 11.6 Å². The van der Waals surface area contributed by atoms with E-state index in [9.17, 15) is 0 Å². The second-order valence-electron chi connectivity index (χ2n) is 2.79. The molecule has 0 saturated heterocycles. The molecule has 2 unspecified atom stereocenters. The normalized spacial score (nSPS) is 39.5. The molecule has 0 amide bonds. The Hall–Kier alpha value is -0.800. The van der Waals surface area contributed by atoms with Crippen LogP contribution in [-0.2, 0) is 0 Å². The molecular formula is C7H12N2O. The Balaban J connectivity index is 2.89. The molecule has 0 aromatic heterocycles. The Morgan fingerprint density at radius 1 is 1.70 bits per heavy atom. The lowest BCUT2D eigenvalue weighted by molar-refractivity contribution is 0.320. The Kier molecular flexibility index (Phi) is 1.54. The Morgan fingerprint density at radius 3 is 2.70 bits per heavy atom. The van der Waals surface area contributed by atoms with Gasteiger partial charge in [-0.2, -0.15) is 0 Å². The summed E-state index contributed by atoms with van der Waals surface area (Å²) >= 11 is 0. The maximum Gasteiger partial charge on any atom is 0.111 e. The molecule has 5 N–H and O–H groups in total. The molecule has 3 heteroatoms. The van der Waals surface area contributed by atoms with Crippen molar-refractivity contribution >= 4 is 0 Å². The topological polar surface area (TPSA) is 72.3 Å². The third kappa shape index (κ3) is 1.05. The maximum absolute atomic E-state index is 9.12. The van der Waals surface area contributed by atoms with E-state index in [-0.39, 0.29) is 5.76 Å². The van der Waals surface area contributed by atoms with Crippen molar-refractivity contribution in [3.8, 4) is 0 Å². The van der Waals surface area contributed by atoms with Crippen LogP contribution >= 0.6 is 0 Å². The zero-order chi connectivity index (χ0) is 7.78. The summed E-state index contributed by atoms with van der Waals surface area (Å²) in [5, 5.41) is 9.12. The minimum absolute atomic E-state index is 0.146. The average molecular weight is 140 g/mol. The predicted molar refractivity (Wildman–Crippen MR) is 40.4 cm³/mol. The van der Waals surface area contributed by atoms with E-state index in [0.29, 0.717) is 0 Å². The fourth-order valence-electron chi connectivity index (χ4n) is 0.880. The van der Waals surface area contributed by atoms with E-state index < -0.39 is 11.6 Å². The molecule has 0 spiro atoms. The van der Waals surface area contributed by atoms with E-state index in [2.05, 4.69) is 0 Å². The van der Waals surface area contributed by atoms with E-state index in [1.807, 2.05) is 0 Å². The minimum Gasteiger partial charge on any atom is -0.511 e. The van der Waals surface area contributed by atoms with Crippen molar-refractivity contribution in [2.75, 3.05) is 0 Å². The average Bonchev–Trinajstić information content (AvgIpc) is 1.83. The highest BCUT2D eigenvalue weighted by molar-refractivity contribution is 5.28. The lowest BCUT2D eigenvalue weighted by atomic mass is 9.89. The molecule has 0 radical (unpaired) electrons. The number of rotatable bonds is 0. The van der Waals surface area contributed by atoms with Crippen LogP contribution in [-0.4, -0.2) is 16.7 Å².